The van der Waals surface area contributed by atoms with Gasteiger partial charge in [-0.25, -0.2) is 10.6 Å². The van der Waals surface area contributed by atoms with Crippen molar-refractivity contribution in [3.8, 4) is 0 Å². The lowest BCUT2D eigenvalue weighted by Gasteiger charge is -1.98. The van der Waals surface area contributed by atoms with Crippen molar-refractivity contribution >= 4 is 0 Å². The molecule has 0 aliphatic carbocycles. The standard InChI is InChI=1S/C8H18N2/c1-3-9-7-5-6-8-10-4-2/h3-8H2,1-2H3. The molecule has 0 N–H and O–H groups in total. The zero-order chi connectivity index (χ0) is 7.66. The Bertz CT molecular complexity index is 47.2. The van der Waals surface area contributed by atoms with E-state index < -0.39 is 0 Å². The predicted molar refractivity (Wildman–Crippen MR) is 44.3 cm³/mol. The first-order valence-electron chi connectivity index (χ1n) is 4.18. The van der Waals surface area contributed by atoms with Gasteiger partial charge in [-0.05, 0) is 12.8 Å². The van der Waals surface area contributed by atoms with Gasteiger partial charge in [-0.15, -0.1) is 0 Å². The maximum absolute atomic E-state index is 4.23. The van der Waals surface area contributed by atoms with Gasteiger partial charge in [-0.1, -0.05) is 13.8 Å². The van der Waals surface area contributed by atoms with E-state index in [2.05, 4.69) is 24.5 Å². The third-order valence-corrected chi connectivity index (χ3v) is 1.33. The molecule has 0 spiro atoms. The molecule has 0 aromatic heterocycles. The molecule has 0 aliphatic rings. The molecule has 2 heteroatoms. The molecule has 60 valence electrons. The highest BCUT2D eigenvalue weighted by Crippen LogP contribution is 1.85. The Morgan fingerprint density at radius 3 is 1.50 bits per heavy atom. The van der Waals surface area contributed by atoms with Gasteiger partial charge in [0, 0.05) is 26.2 Å². The maximum Gasteiger partial charge on any atom is 0.0133 e. The maximum atomic E-state index is 4.23. The number of nitrogens with zero attached hydrogens (tertiary/aromatic N) is 2. The minimum Gasteiger partial charge on any atom is -0.242 e. The Balaban J connectivity index is 2.65. The fourth-order valence-electron chi connectivity index (χ4n) is 0.763. The van der Waals surface area contributed by atoms with Crippen LogP contribution in [0.3, 0.4) is 0 Å². The molecule has 0 rings (SSSR count). The van der Waals surface area contributed by atoms with E-state index in [0.29, 0.717) is 0 Å². The third kappa shape index (κ3) is 7.92. The van der Waals surface area contributed by atoms with Crippen molar-refractivity contribution in [3.05, 3.63) is 0 Å². The van der Waals surface area contributed by atoms with E-state index in [1.54, 1.807) is 0 Å². The molecule has 2 radical (unpaired) electrons. The summed E-state index contributed by atoms with van der Waals surface area (Å²) in [6.45, 7) is 8.13. The highest BCUT2D eigenvalue weighted by atomic mass is 14.9. The highest BCUT2D eigenvalue weighted by molar-refractivity contribution is 4.47. The van der Waals surface area contributed by atoms with Gasteiger partial charge >= 0.3 is 0 Å². The smallest absolute Gasteiger partial charge is 0.0133 e. The Morgan fingerprint density at radius 2 is 1.20 bits per heavy atom. The van der Waals surface area contributed by atoms with E-state index in [-0.39, 0.29) is 0 Å². The number of unbranched alkanes of at least 4 members (excludes halogenated alkanes) is 1. The van der Waals surface area contributed by atoms with Crippen molar-refractivity contribution in [2.75, 3.05) is 26.2 Å². The second-order valence-electron chi connectivity index (χ2n) is 2.23. The molecule has 2 nitrogen and oxygen atoms in total. The highest BCUT2D eigenvalue weighted by Gasteiger charge is 1.87. The number of rotatable bonds is 7. The molecule has 0 aliphatic heterocycles. The molecule has 10 heavy (non-hydrogen) atoms. The largest absolute Gasteiger partial charge is 0.242 e. The monoisotopic (exact) mass is 142 g/mol. The van der Waals surface area contributed by atoms with Crippen LogP contribution in [0, 0.1) is 0 Å². The predicted octanol–water partition coefficient (Wildman–Crippen LogP) is 1.02. The topological polar surface area (TPSA) is 28.2 Å². The third-order valence-electron chi connectivity index (χ3n) is 1.33. The Kier molecular flexibility index (Phi) is 8.85. The fourth-order valence-corrected chi connectivity index (χ4v) is 0.763. The van der Waals surface area contributed by atoms with Crippen LogP contribution in [0.15, 0.2) is 0 Å². The van der Waals surface area contributed by atoms with Crippen LogP contribution >= 0.6 is 0 Å². The Hall–Kier alpha value is -0.0800. The molecule has 0 aromatic carbocycles. The summed E-state index contributed by atoms with van der Waals surface area (Å²) in [7, 11) is 0. The zero-order valence-electron chi connectivity index (χ0n) is 7.14. The average molecular weight is 142 g/mol. The van der Waals surface area contributed by atoms with E-state index in [1.165, 1.54) is 12.8 Å². The van der Waals surface area contributed by atoms with Crippen LogP contribution in [-0.4, -0.2) is 26.2 Å². The molecule has 0 amide bonds. The lowest BCUT2D eigenvalue weighted by Crippen LogP contribution is -2.09. The van der Waals surface area contributed by atoms with Gasteiger partial charge in [-0.3, -0.25) is 0 Å². The molecular weight excluding hydrogens is 124 g/mol. The molecule has 0 saturated carbocycles. The first-order valence-corrected chi connectivity index (χ1v) is 4.18. The van der Waals surface area contributed by atoms with Gasteiger partial charge in [-0.2, -0.15) is 0 Å². The molecule has 0 saturated heterocycles. The average Bonchev–Trinajstić information content (AvgIpc) is 1.97. The van der Waals surface area contributed by atoms with Crippen molar-refractivity contribution in [1.29, 1.82) is 0 Å². The van der Waals surface area contributed by atoms with E-state index >= 15 is 0 Å². The van der Waals surface area contributed by atoms with Crippen molar-refractivity contribution in [2.45, 2.75) is 26.7 Å². The summed E-state index contributed by atoms with van der Waals surface area (Å²) in [6, 6.07) is 0. The van der Waals surface area contributed by atoms with Gasteiger partial charge in [0.1, 0.15) is 0 Å². The second-order valence-corrected chi connectivity index (χ2v) is 2.23. The van der Waals surface area contributed by atoms with Crippen molar-refractivity contribution in [2.24, 2.45) is 0 Å². The van der Waals surface area contributed by atoms with Crippen LogP contribution in [-0.2, 0) is 0 Å². The van der Waals surface area contributed by atoms with Crippen LogP contribution in [0.2, 0.25) is 0 Å². The first-order chi connectivity index (χ1) is 4.91. The second kappa shape index (κ2) is 8.92. The summed E-state index contributed by atoms with van der Waals surface area (Å²) in [6.07, 6.45) is 2.41. The summed E-state index contributed by atoms with van der Waals surface area (Å²) in [5.41, 5.74) is 0. The lowest BCUT2D eigenvalue weighted by atomic mass is 10.3. The van der Waals surface area contributed by atoms with Crippen LogP contribution in [0.4, 0.5) is 0 Å². The van der Waals surface area contributed by atoms with Crippen LogP contribution in [0.1, 0.15) is 26.7 Å². The molecule has 0 unspecified atom stereocenters. The Morgan fingerprint density at radius 1 is 0.800 bits per heavy atom. The van der Waals surface area contributed by atoms with Gasteiger partial charge in [0.05, 0.1) is 0 Å². The van der Waals surface area contributed by atoms with E-state index in [4.69, 9.17) is 0 Å². The summed E-state index contributed by atoms with van der Waals surface area (Å²) in [5, 5.41) is 8.46. The van der Waals surface area contributed by atoms with Gasteiger partial charge in [0.15, 0.2) is 0 Å². The SMILES string of the molecule is CC[N]CCCC[N]CC. The van der Waals surface area contributed by atoms with Gasteiger partial charge < -0.3 is 0 Å². The molecule has 0 bridgehead atoms. The molecule has 0 atom stereocenters. The molecule has 0 aromatic rings. The van der Waals surface area contributed by atoms with E-state index in [0.717, 1.165) is 26.2 Å². The van der Waals surface area contributed by atoms with E-state index in [1.807, 2.05) is 0 Å². The van der Waals surface area contributed by atoms with Crippen molar-refractivity contribution < 1.29 is 0 Å². The Labute approximate surface area is 64.4 Å². The summed E-state index contributed by atoms with van der Waals surface area (Å²) in [5.74, 6) is 0. The fraction of sp³-hybridized carbons (Fsp3) is 1.00. The van der Waals surface area contributed by atoms with Gasteiger partial charge in [0.2, 0.25) is 0 Å². The quantitative estimate of drug-likeness (QED) is 0.475. The van der Waals surface area contributed by atoms with Crippen molar-refractivity contribution in [3.63, 3.8) is 0 Å². The normalized spacial score (nSPS) is 10.2. The molecule has 0 fully saturated rings. The van der Waals surface area contributed by atoms with Crippen molar-refractivity contribution in [1.82, 2.24) is 10.6 Å². The van der Waals surface area contributed by atoms with Crippen LogP contribution in [0.25, 0.3) is 0 Å². The molecular formula is C8H18N2. The minimum absolute atomic E-state index is 0.963. The minimum atomic E-state index is 0.963. The lowest BCUT2D eigenvalue weighted by molar-refractivity contribution is 0.590. The molecule has 0 heterocycles. The summed E-state index contributed by atoms with van der Waals surface area (Å²) < 4.78 is 0. The first kappa shape index (κ1) is 9.92. The van der Waals surface area contributed by atoms with Crippen LogP contribution < -0.4 is 10.6 Å². The number of hydrogen-bond donors (Lipinski definition) is 0. The van der Waals surface area contributed by atoms with E-state index in [9.17, 15) is 0 Å². The number of hydrogen-bond acceptors (Lipinski definition) is 0. The van der Waals surface area contributed by atoms with Crippen LogP contribution in [0.5, 0.6) is 0 Å². The summed E-state index contributed by atoms with van der Waals surface area (Å²) in [4.78, 5) is 0. The summed E-state index contributed by atoms with van der Waals surface area (Å²) >= 11 is 0. The zero-order valence-corrected chi connectivity index (χ0v) is 7.14. The van der Waals surface area contributed by atoms with Gasteiger partial charge in [0.25, 0.3) is 0 Å².